The van der Waals surface area contributed by atoms with Gasteiger partial charge < -0.3 is 10.1 Å². The first-order chi connectivity index (χ1) is 7.74. The summed E-state index contributed by atoms with van der Waals surface area (Å²) in [5.74, 6) is -0.316. The molecule has 1 aromatic carbocycles. The van der Waals surface area contributed by atoms with E-state index in [2.05, 4.69) is 14.9 Å². The van der Waals surface area contributed by atoms with E-state index >= 15 is 0 Å². The van der Waals surface area contributed by atoms with Gasteiger partial charge in [-0.05, 0) is 42.0 Å². The van der Waals surface area contributed by atoms with Crippen LogP contribution in [0.25, 0.3) is 0 Å². The average Bonchev–Trinajstić information content (AvgIpc) is 2.36. The molecule has 1 aliphatic heterocycles. The minimum absolute atomic E-state index is 0.182. The highest BCUT2D eigenvalue weighted by Crippen LogP contribution is 2.23. The van der Waals surface area contributed by atoms with Gasteiger partial charge in [-0.25, -0.2) is 9.63 Å². The van der Waals surface area contributed by atoms with E-state index in [4.69, 9.17) is 11.8 Å². The summed E-state index contributed by atoms with van der Waals surface area (Å²) in [5.41, 5.74) is 2.70. The van der Waals surface area contributed by atoms with Crippen LogP contribution in [0.5, 0.6) is 0 Å². The van der Waals surface area contributed by atoms with E-state index in [1.807, 2.05) is 12.1 Å². The largest absolute Gasteiger partial charge is 0.465 e. The fourth-order valence-corrected chi connectivity index (χ4v) is 1.98. The zero-order chi connectivity index (χ0) is 11.5. The Morgan fingerprint density at radius 1 is 1.62 bits per heavy atom. The summed E-state index contributed by atoms with van der Waals surface area (Å²) < 4.78 is 4.68. The zero-order valence-electron chi connectivity index (χ0n) is 8.92. The molecule has 0 aliphatic carbocycles. The topological polar surface area (TPSA) is 50.4 Å². The first-order valence-electron chi connectivity index (χ1n) is 5.06. The second kappa shape index (κ2) is 4.72. The van der Waals surface area contributed by atoms with E-state index in [1.165, 1.54) is 7.11 Å². The molecule has 2 rings (SSSR count). The fraction of sp³-hybridized carbons (Fsp3) is 0.364. The van der Waals surface area contributed by atoms with Crippen LogP contribution in [-0.4, -0.2) is 25.7 Å². The Hall–Kier alpha value is -1.26. The van der Waals surface area contributed by atoms with Crippen molar-refractivity contribution in [2.75, 3.05) is 19.0 Å². The maximum absolute atomic E-state index is 11.4. The molecule has 1 aromatic rings. The summed E-state index contributed by atoms with van der Waals surface area (Å²) in [6.07, 6.45) is 0.802. The van der Waals surface area contributed by atoms with Crippen LogP contribution < -0.4 is 10.2 Å². The van der Waals surface area contributed by atoms with E-state index in [0.717, 1.165) is 24.2 Å². The predicted octanol–water partition coefficient (Wildman–Crippen LogP) is 1.55. The standard InChI is InChI=1S/C11H13ClN2O2/c1-16-11(15)7-2-3-10-8(4-7)5-9(14-12)6-13-10/h2-4,9,13-14H,5-6H2,1H3. The van der Waals surface area contributed by atoms with Crippen LogP contribution in [0.3, 0.4) is 0 Å². The molecule has 16 heavy (non-hydrogen) atoms. The molecule has 5 heteroatoms. The van der Waals surface area contributed by atoms with Crippen molar-refractivity contribution in [3.05, 3.63) is 29.3 Å². The van der Waals surface area contributed by atoms with Crippen molar-refractivity contribution in [3.63, 3.8) is 0 Å². The highest BCUT2D eigenvalue weighted by Gasteiger charge is 2.18. The minimum atomic E-state index is -0.316. The van der Waals surface area contributed by atoms with Gasteiger partial charge in [0.2, 0.25) is 0 Å². The molecular weight excluding hydrogens is 228 g/mol. The Balaban J connectivity index is 2.27. The number of benzene rings is 1. The quantitative estimate of drug-likeness (QED) is 0.609. The van der Waals surface area contributed by atoms with Gasteiger partial charge in [-0.1, -0.05) is 0 Å². The molecule has 0 saturated carbocycles. The van der Waals surface area contributed by atoms with Gasteiger partial charge in [0, 0.05) is 18.3 Å². The van der Waals surface area contributed by atoms with Crippen molar-refractivity contribution in [2.45, 2.75) is 12.5 Å². The summed E-state index contributed by atoms with van der Waals surface area (Å²) in [6, 6.07) is 5.68. The molecule has 1 aliphatic rings. The third-order valence-electron chi connectivity index (χ3n) is 2.69. The molecule has 86 valence electrons. The Morgan fingerprint density at radius 3 is 3.12 bits per heavy atom. The molecule has 0 spiro atoms. The zero-order valence-corrected chi connectivity index (χ0v) is 9.67. The monoisotopic (exact) mass is 240 g/mol. The lowest BCUT2D eigenvalue weighted by molar-refractivity contribution is 0.0600. The molecule has 2 N–H and O–H groups in total. The summed E-state index contributed by atoms with van der Waals surface area (Å²) >= 11 is 5.59. The molecule has 0 amide bonds. The van der Waals surface area contributed by atoms with E-state index in [1.54, 1.807) is 6.07 Å². The Labute approximate surface area is 99.0 Å². The maximum Gasteiger partial charge on any atom is 0.337 e. The average molecular weight is 241 g/mol. The van der Waals surface area contributed by atoms with Gasteiger partial charge in [-0.2, -0.15) is 0 Å². The van der Waals surface area contributed by atoms with Crippen molar-refractivity contribution in [1.82, 2.24) is 4.84 Å². The SMILES string of the molecule is COC(=O)c1ccc2c(c1)CC(NCl)CN2. The molecule has 0 fully saturated rings. The molecule has 0 radical (unpaired) electrons. The van der Waals surface area contributed by atoms with Gasteiger partial charge in [-0.3, -0.25) is 0 Å². The number of esters is 1. The maximum atomic E-state index is 11.4. The highest BCUT2D eigenvalue weighted by atomic mass is 35.5. The number of carbonyl (C=O) groups is 1. The number of anilines is 1. The summed E-state index contributed by atoms with van der Waals surface area (Å²) in [6.45, 7) is 0.786. The van der Waals surface area contributed by atoms with Crippen molar-refractivity contribution in [2.24, 2.45) is 0 Å². The van der Waals surface area contributed by atoms with E-state index in [0.29, 0.717) is 5.56 Å². The Kier molecular flexibility index (Phi) is 3.31. The second-order valence-electron chi connectivity index (χ2n) is 3.75. The molecule has 1 heterocycles. The van der Waals surface area contributed by atoms with Gasteiger partial charge in [0.1, 0.15) is 0 Å². The normalized spacial score (nSPS) is 18.5. The molecular formula is C11H13ClN2O2. The van der Waals surface area contributed by atoms with Crippen LogP contribution in [-0.2, 0) is 11.2 Å². The molecule has 0 bridgehead atoms. The van der Waals surface area contributed by atoms with Crippen LogP contribution in [0.2, 0.25) is 0 Å². The molecule has 4 nitrogen and oxygen atoms in total. The Bertz CT molecular complexity index is 409. The van der Waals surface area contributed by atoms with Gasteiger partial charge in [0.25, 0.3) is 0 Å². The van der Waals surface area contributed by atoms with Crippen LogP contribution >= 0.6 is 11.8 Å². The van der Waals surface area contributed by atoms with E-state index in [9.17, 15) is 4.79 Å². The first-order valence-corrected chi connectivity index (χ1v) is 5.43. The Morgan fingerprint density at radius 2 is 2.44 bits per heavy atom. The van der Waals surface area contributed by atoms with Crippen LogP contribution in [0, 0.1) is 0 Å². The van der Waals surface area contributed by atoms with Gasteiger partial charge in [0.15, 0.2) is 0 Å². The van der Waals surface area contributed by atoms with E-state index < -0.39 is 0 Å². The summed E-state index contributed by atoms with van der Waals surface area (Å²) in [4.78, 5) is 14.1. The fourth-order valence-electron chi connectivity index (χ4n) is 1.83. The van der Waals surface area contributed by atoms with Crippen LogP contribution in [0.4, 0.5) is 5.69 Å². The number of rotatable bonds is 2. The van der Waals surface area contributed by atoms with Crippen LogP contribution in [0.15, 0.2) is 18.2 Å². The highest BCUT2D eigenvalue weighted by molar-refractivity contribution is 6.13. The third-order valence-corrected chi connectivity index (χ3v) is 2.99. The minimum Gasteiger partial charge on any atom is -0.465 e. The number of hydrogen-bond acceptors (Lipinski definition) is 4. The summed E-state index contributed by atoms with van der Waals surface area (Å²) in [5, 5.41) is 3.25. The van der Waals surface area contributed by atoms with E-state index in [-0.39, 0.29) is 12.0 Å². The lowest BCUT2D eigenvalue weighted by Gasteiger charge is -2.25. The molecule has 0 aromatic heterocycles. The number of hydrogen-bond donors (Lipinski definition) is 2. The third kappa shape index (κ3) is 2.13. The number of methoxy groups -OCH3 is 1. The van der Waals surface area contributed by atoms with Crippen molar-refractivity contribution < 1.29 is 9.53 Å². The number of ether oxygens (including phenoxy) is 1. The molecule has 1 atom stereocenters. The molecule has 0 saturated heterocycles. The van der Waals surface area contributed by atoms with Gasteiger partial charge in [0.05, 0.1) is 12.7 Å². The lowest BCUT2D eigenvalue weighted by atomic mass is 9.98. The number of carbonyl (C=O) groups excluding carboxylic acids is 1. The van der Waals surface area contributed by atoms with Gasteiger partial charge in [-0.15, -0.1) is 0 Å². The number of fused-ring (bicyclic) bond motifs is 1. The van der Waals surface area contributed by atoms with Gasteiger partial charge >= 0.3 is 5.97 Å². The smallest absolute Gasteiger partial charge is 0.337 e. The second-order valence-corrected chi connectivity index (χ2v) is 3.97. The van der Waals surface area contributed by atoms with Crippen molar-refractivity contribution in [1.29, 1.82) is 0 Å². The van der Waals surface area contributed by atoms with Crippen molar-refractivity contribution in [3.8, 4) is 0 Å². The first kappa shape index (κ1) is 11.2. The summed E-state index contributed by atoms with van der Waals surface area (Å²) in [7, 11) is 1.38. The number of halogens is 1. The predicted molar refractivity (Wildman–Crippen MR) is 62.8 cm³/mol. The van der Waals surface area contributed by atoms with Crippen molar-refractivity contribution >= 4 is 23.4 Å². The van der Waals surface area contributed by atoms with Crippen LogP contribution in [0.1, 0.15) is 15.9 Å². The lowest BCUT2D eigenvalue weighted by Crippen LogP contribution is -2.35. The number of nitrogens with one attached hydrogen (secondary N) is 2. The molecule has 1 unspecified atom stereocenters.